The second-order valence-electron chi connectivity index (χ2n) is 12.0. The van der Waals surface area contributed by atoms with Gasteiger partial charge in [-0.1, -0.05) is 11.6 Å². The molecule has 4 heterocycles. The maximum Gasteiger partial charge on any atom is 0.274 e. The van der Waals surface area contributed by atoms with Gasteiger partial charge in [0.2, 0.25) is 0 Å². The molecule has 9 heteroatoms. The number of rotatable bonds is 4. The van der Waals surface area contributed by atoms with Crippen molar-refractivity contribution in [3.05, 3.63) is 55.0 Å². The van der Waals surface area contributed by atoms with Gasteiger partial charge in [0.1, 0.15) is 6.10 Å². The fraction of sp³-hybridized carbons (Fsp3) is 0.586. The number of pyridine rings is 1. The minimum atomic E-state index is -1.02. The molecule has 204 valence electrons. The zero-order valence-electron chi connectivity index (χ0n) is 23.0. The van der Waals surface area contributed by atoms with Crippen molar-refractivity contribution in [1.82, 2.24) is 14.8 Å². The molecule has 3 atom stereocenters. The Kier molecular flexibility index (Phi) is 5.91. The summed E-state index contributed by atoms with van der Waals surface area (Å²) in [6, 6.07) is 2.31. The summed E-state index contributed by atoms with van der Waals surface area (Å²) in [5.41, 5.74) is 4.13. The summed E-state index contributed by atoms with van der Waals surface area (Å²) in [6.45, 7) is 8.98. The van der Waals surface area contributed by atoms with Crippen molar-refractivity contribution < 1.29 is 19.0 Å². The Hall–Kier alpha value is -2.55. The Labute approximate surface area is 228 Å². The van der Waals surface area contributed by atoms with Crippen LogP contribution >= 0.6 is 11.6 Å². The monoisotopic (exact) mass is 541 g/mol. The highest BCUT2D eigenvalue weighted by molar-refractivity contribution is 6.34. The number of H-pyrrole nitrogens is 1. The number of aryl methyl sites for hydroxylation is 2. The van der Waals surface area contributed by atoms with Crippen molar-refractivity contribution in [3.63, 3.8) is 0 Å². The van der Waals surface area contributed by atoms with E-state index in [4.69, 9.17) is 25.8 Å². The van der Waals surface area contributed by atoms with E-state index in [2.05, 4.69) is 24.0 Å². The number of nitrogens with zero attached hydrogens (tertiary/aromatic N) is 2. The van der Waals surface area contributed by atoms with Crippen LogP contribution in [0.4, 0.5) is 0 Å². The number of benzene rings is 1. The summed E-state index contributed by atoms with van der Waals surface area (Å²) in [4.78, 5) is 33.6. The average Bonchev–Trinajstić information content (AvgIpc) is 3.53. The zero-order valence-corrected chi connectivity index (χ0v) is 23.8. The van der Waals surface area contributed by atoms with E-state index in [0.29, 0.717) is 46.8 Å². The van der Waals surface area contributed by atoms with Gasteiger partial charge in [-0.05, 0) is 77.7 Å². The first-order chi connectivity index (χ1) is 17.9. The molecule has 6 rings (SSSR count). The fourth-order valence-corrected chi connectivity index (χ4v) is 6.94. The Morgan fingerprint density at radius 3 is 2.45 bits per heavy atom. The van der Waals surface area contributed by atoms with Gasteiger partial charge in [-0.25, -0.2) is 0 Å². The number of fused-ring (bicyclic) bond motifs is 3. The standard InChI is InChI=1S/C29H36ClN3O5/c1-15-11-16(2)31-26(34)19(15)12-33-14-29(9-10-29)22-21(27(33)35)17(3)24-25(23(22)30)38-28(4,37-24)20-8-7-18(13-36-20)32(5)6/h11,18,20H,7-10,12-14H2,1-6H3,(H,31,34)/t18-,20+,28-/m1/s1. The van der Waals surface area contributed by atoms with Crippen molar-refractivity contribution in [2.75, 3.05) is 27.2 Å². The summed E-state index contributed by atoms with van der Waals surface area (Å²) < 4.78 is 19.2. The van der Waals surface area contributed by atoms with Gasteiger partial charge >= 0.3 is 0 Å². The molecule has 1 saturated heterocycles. The molecule has 1 saturated carbocycles. The molecule has 1 N–H and O–H groups in total. The summed E-state index contributed by atoms with van der Waals surface area (Å²) in [6.07, 6.45) is 3.39. The molecule has 1 amide bonds. The number of hydrogen-bond acceptors (Lipinski definition) is 6. The first-order valence-corrected chi connectivity index (χ1v) is 13.8. The third kappa shape index (κ3) is 3.87. The lowest BCUT2D eigenvalue weighted by Gasteiger charge is -2.38. The van der Waals surface area contributed by atoms with Gasteiger partial charge in [0, 0.05) is 41.7 Å². The van der Waals surface area contributed by atoms with Gasteiger partial charge in [0.05, 0.1) is 23.7 Å². The Balaban J connectivity index is 1.35. The van der Waals surface area contributed by atoms with Crippen LogP contribution in [0.5, 0.6) is 11.5 Å². The first kappa shape index (κ1) is 25.7. The topological polar surface area (TPSA) is 84.1 Å². The molecule has 3 aliphatic heterocycles. The molecule has 1 aliphatic carbocycles. The fourth-order valence-electron chi connectivity index (χ4n) is 6.52. The number of amides is 1. The van der Waals surface area contributed by atoms with Crippen LogP contribution in [0.25, 0.3) is 0 Å². The van der Waals surface area contributed by atoms with E-state index < -0.39 is 5.79 Å². The lowest BCUT2D eigenvalue weighted by Crippen LogP contribution is -2.53. The number of nitrogens with one attached hydrogen (secondary N) is 1. The van der Waals surface area contributed by atoms with Crippen molar-refractivity contribution in [2.24, 2.45) is 0 Å². The minimum absolute atomic E-state index is 0.126. The molecule has 1 aromatic heterocycles. The van der Waals surface area contributed by atoms with Crippen LogP contribution < -0.4 is 15.0 Å². The Morgan fingerprint density at radius 1 is 1.13 bits per heavy atom. The van der Waals surface area contributed by atoms with Crippen LogP contribution in [0.1, 0.15) is 70.9 Å². The summed E-state index contributed by atoms with van der Waals surface area (Å²) >= 11 is 7.06. The van der Waals surface area contributed by atoms with E-state index in [-0.39, 0.29) is 29.5 Å². The molecule has 0 bridgehead atoms. The van der Waals surface area contributed by atoms with Crippen LogP contribution in [0.3, 0.4) is 0 Å². The van der Waals surface area contributed by atoms with E-state index in [9.17, 15) is 9.59 Å². The summed E-state index contributed by atoms with van der Waals surface area (Å²) in [5, 5.41) is 0.473. The lowest BCUT2D eigenvalue weighted by atomic mass is 9.83. The van der Waals surface area contributed by atoms with Crippen LogP contribution in [0, 0.1) is 20.8 Å². The lowest BCUT2D eigenvalue weighted by molar-refractivity contribution is -0.190. The van der Waals surface area contributed by atoms with Crippen LogP contribution in [-0.4, -0.2) is 65.9 Å². The van der Waals surface area contributed by atoms with Gasteiger partial charge in [0.15, 0.2) is 11.5 Å². The third-order valence-corrected chi connectivity index (χ3v) is 9.35. The van der Waals surface area contributed by atoms with E-state index in [0.717, 1.165) is 48.1 Å². The van der Waals surface area contributed by atoms with Gasteiger partial charge in [-0.15, -0.1) is 0 Å². The SMILES string of the molecule is Cc1cc(C)c(CN2CC3(CC3)c3c(Cl)c4c(c(C)c3C2=O)O[C@@](C)([C@@H]2CC[C@@H](N(C)C)CO2)O4)c(=O)[nH]1. The van der Waals surface area contributed by atoms with E-state index in [1.165, 1.54) is 0 Å². The van der Waals surface area contributed by atoms with E-state index in [1.54, 1.807) is 4.90 Å². The molecule has 2 aromatic rings. The second-order valence-corrected chi connectivity index (χ2v) is 12.3. The Bertz CT molecular complexity index is 1390. The zero-order chi connectivity index (χ0) is 27.1. The van der Waals surface area contributed by atoms with Crippen molar-refractivity contribution >= 4 is 17.5 Å². The number of aromatic nitrogens is 1. The first-order valence-electron chi connectivity index (χ1n) is 13.5. The van der Waals surface area contributed by atoms with Gasteiger partial charge in [0.25, 0.3) is 17.3 Å². The van der Waals surface area contributed by atoms with Crippen LogP contribution in [0.2, 0.25) is 5.02 Å². The molecule has 1 aromatic carbocycles. The summed E-state index contributed by atoms with van der Waals surface area (Å²) in [5.74, 6) is -0.116. The predicted octanol–water partition coefficient (Wildman–Crippen LogP) is 4.24. The number of halogens is 1. The third-order valence-electron chi connectivity index (χ3n) is 8.99. The number of carbonyl (C=O) groups excluding carboxylic acids is 1. The number of ether oxygens (including phenoxy) is 3. The number of hydrogen-bond donors (Lipinski definition) is 1. The maximum atomic E-state index is 14.0. The molecular formula is C29H36ClN3O5. The summed E-state index contributed by atoms with van der Waals surface area (Å²) in [7, 11) is 4.12. The highest BCUT2D eigenvalue weighted by Crippen LogP contribution is 2.61. The molecule has 38 heavy (non-hydrogen) atoms. The van der Waals surface area contributed by atoms with Gasteiger partial charge in [-0.3, -0.25) is 9.59 Å². The molecule has 0 radical (unpaired) electrons. The van der Waals surface area contributed by atoms with Gasteiger partial charge < -0.3 is 29.0 Å². The average molecular weight is 542 g/mol. The van der Waals surface area contributed by atoms with E-state index in [1.807, 2.05) is 33.8 Å². The minimum Gasteiger partial charge on any atom is -0.446 e. The van der Waals surface area contributed by atoms with Crippen LogP contribution in [-0.2, 0) is 16.7 Å². The number of carbonyl (C=O) groups is 1. The largest absolute Gasteiger partial charge is 0.446 e. The highest BCUT2D eigenvalue weighted by atomic mass is 35.5. The number of aromatic amines is 1. The highest BCUT2D eigenvalue weighted by Gasteiger charge is 2.57. The quantitative estimate of drug-likeness (QED) is 0.623. The second kappa shape index (κ2) is 8.73. The molecular weight excluding hydrogens is 506 g/mol. The molecule has 8 nitrogen and oxygen atoms in total. The molecule has 2 fully saturated rings. The molecule has 4 aliphatic rings. The van der Waals surface area contributed by atoms with E-state index >= 15 is 0 Å². The maximum absolute atomic E-state index is 14.0. The molecule has 0 unspecified atom stereocenters. The Morgan fingerprint density at radius 2 is 1.84 bits per heavy atom. The van der Waals surface area contributed by atoms with Crippen LogP contribution in [0.15, 0.2) is 10.9 Å². The van der Waals surface area contributed by atoms with Crippen molar-refractivity contribution in [1.29, 1.82) is 0 Å². The number of likely N-dealkylation sites (N-methyl/N-ethyl adjacent to an activating group) is 1. The predicted molar refractivity (Wildman–Crippen MR) is 144 cm³/mol. The van der Waals surface area contributed by atoms with Crippen molar-refractivity contribution in [3.8, 4) is 11.5 Å². The van der Waals surface area contributed by atoms with Crippen molar-refractivity contribution in [2.45, 2.75) is 83.3 Å². The molecule has 1 spiro atoms. The van der Waals surface area contributed by atoms with Gasteiger partial charge in [-0.2, -0.15) is 0 Å². The smallest absolute Gasteiger partial charge is 0.274 e. The normalized spacial score (nSPS) is 27.3.